The molecule has 1 aliphatic heterocycles. The molecule has 6 heteroatoms. The zero-order chi connectivity index (χ0) is 22.2. The molecule has 2 atom stereocenters. The molecule has 164 valence electrons. The largest absolute Gasteiger partial charge is 0.465 e. The number of esters is 1. The zero-order valence-corrected chi connectivity index (χ0v) is 18.2. The van der Waals surface area contributed by atoms with Crippen molar-refractivity contribution in [1.29, 1.82) is 0 Å². The van der Waals surface area contributed by atoms with Crippen LogP contribution in [0.3, 0.4) is 0 Å². The number of hydrogen-bond acceptors (Lipinski definition) is 5. The number of aryl methyl sites for hydroxylation is 2. The quantitative estimate of drug-likeness (QED) is 0.629. The number of rotatable bonds is 9. The number of fused-ring (bicyclic) bond motifs is 1. The minimum Gasteiger partial charge on any atom is -0.465 e. The third-order valence-corrected chi connectivity index (χ3v) is 5.47. The van der Waals surface area contributed by atoms with Crippen LogP contribution in [0.4, 0.5) is 5.69 Å². The number of anilines is 1. The molecule has 0 aliphatic carbocycles. The molecule has 0 bridgehead atoms. The Labute approximate surface area is 183 Å². The Morgan fingerprint density at radius 3 is 2.55 bits per heavy atom. The van der Waals surface area contributed by atoms with Gasteiger partial charge in [-0.25, -0.2) is 0 Å². The number of benzene rings is 2. The summed E-state index contributed by atoms with van der Waals surface area (Å²) in [6.45, 7) is 3.55. The Morgan fingerprint density at radius 1 is 1.13 bits per heavy atom. The number of hydrogen-bond donors (Lipinski definition) is 1. The first-order chi connectivity index (χ1) is 15.0. The second-order valence-electron chi connectivity index (χ2n) is 7.84. The highest BCUT2D eigenvalue weighted by molar-refractivity contribution is 6.02. The van der Waals surface area contributed by atoms with Crippen LogP contribution in [0, 0.1) is 0 Å². The summed E-state index contributed by atoms with van der Waals surface area (Å²) in [6.07, 6.45) is 2.44. The average Bonchev–Trinajstić information content (AvgIpc) is 2.89. The van der Waals surface area contributed by atoms with Crippen LogP contribution in [0.25, 0.3) is 0 Å². The van der Waals surface area contributed by atoms with Crippen LogP contribution in [-0.4, -0.2) is 42.9 Å². The maximum atomic E-state index is 13.4. The van der Waals surface area contributed by atoms with Gasteiger partial charge in [-0.2, -0.15) is 0 Å². The summed E-state index contributed by atoms with van der Waals surface area (Å²) >= 11 is 0. The van der Waals surface area contributed by atoms with E-state index in [1.165, 1.54) is 6.92 Å². The second kappa shape index (κ2) is 10.9. The summed E-state index contributed by atoms with van der Waals surface area (Å²) in [5.41, 5.74) is 2.92. The van der Waals surface area contributed by atoms with E-state index in [0.717, 1.165) is 16.8 Å². The van der Waals surface area contributed by atoms with Crippen molar-refractivity contribution in [3.63, 3.8) is 0 Å². The SMILES string of the molecule is CCOC(=O)[C@H](CCc1ccccc1)NC1CCc2ccccc2N(CC(C)=O)C1=O. The maximum absolute atomic E-state index is 13.4. The summed E-state index contributed by atoms with van der Waals surface area (Å²) in [7, 11) is 0. The number of amides is 1. The zero-order valence-electron chi connectivity index (χ0n) is 18.2. The number of para-hydroxylation sites is 1. The van der Waals surface area contributed by atoms with Gasteiger partial charge >= 0.3 is 5.97 Å². The van der Waals surface area contributed by atoms with Crippen molar-refractivity contribution >= 4 is 23.3 Å². The molecule has 0 fully saturated rings. The Balaban J connectivity index is 1.79. The van der Waals surface area contributed by atoms with Crippen molar-refractivity contribution in [2.24, 2.45) is 0 Å². The van der Waals surface area contributed by atoms with Gasteiger partial charge in [-0.15, -0.1) is 0 Å². The number of ketones is 1. The molecular weight excluding hydrogens is 392 g/mol. The van der Waals surface area contributed by atoms with Crippen molar-refractivity contribution in [1.82, 2.24) is 5.32 Å². The third kappa shape index (κ3) is 6.01. The van der Waals surface area contributed by atoms with Crippen molar-refractivity contribution < 1.29 is 19.1 Å². The smallest absolute Gasteiger partial charge is 0.323 e. The van der Waals surface area contributed by atoms with Crippen molar-refractivity contribution in [3.8, 4) is 0 Å². The molecule has 1 N–H and O–H groups in total. The van der Waals surface area contributed by atoms with E-state index in [9.17, 15) is 14.4 Å². The molecule has 2 aromatic rings. The summed E-state index contributed by atoms with van der Waals surface area (Å²) < 4.78 is 5.27. The summed E-state index contributed by atoms with van der Waals surface area (Å²) in [4.78, 5) is 39.5. The van der Waals surface area contributed by atoms with Crippen molar-refractivity contribution in [2.75, 3.05) is 18.1 Å². The highest BCUT2D eigenvalue weighted by atomic mass is 16.5. The second-order valence-corrected chi connectivity index (χ2v) is 7.84. The van der Waals surface area contributed by atoms with Crippen molar-refractivity contribution in [3.05, 3.63) is 65.7 Å². The number of ether oxygens (including phenoxy) is 1. The van der Waals surface area contributed by atoms with E-state index in [1.807, 2.05) is 54.6 Å². The lowest BCUT2D eigenvalue weighted by molar-refractivity contribution is -0.146. The molecule has 0 saturated carbocycles. The van der Waals surface area contributed by atoms with Crippen molar-refractivity contribution in [2.45, 2.75) is 51.6 Å². The van der Waals surface area contributed by atoms with E-state index in [0.29, 0.717) is 25.7 Å². The lowest BCUT2D eigenvalue weighted by Crippen LogP contribution is -2.53. The van der Waals surface area contributed by atoms with E-state index >= 15 is 0 Å². The van der Waals surface area contributed by atoms with Gasteiger partial charge in [0.2, 0.25) is 5.91 Å². The Morgan fingerprint density at radius 2 is 1.84 bits per heavy atom. The van der Waals surface area contributed by atoms with Gasteiger partial charge in [0.25, 0.3) is 0 Å². The molecule has 6 nitrogen and oxygen atoms in total. The predicted molar refractivity (Wildman–Crippen MR) is 120 cm³/mol. The predicted octanol–water partition coefficient (Wildman–Crippen LogP) is 3.08. The lowest BCUT2D eigenvalue weighted by Gasteiger charge is -2.27. The molecule has 1 unspecified atom stereocenters. The monoisotopic (exact) mass is 422 g/mol. The first-order valence-corrected chi connectivity index (χ1v) is 10.8. The molecule has 3 rings (SSSR count). The molecule has 1 amide bonds. The molecule has 0 radical (unpaired) electrons. The molecule has 1 heterocycles. The van der Waals surface area contributed by atoms with Gasteiger partial charge in [0.15, 0.2) is 0 Å². The van der Waals surface area contributed by atoms with Crippen LogP contribution in [0.15, 0.2) is 54.6 Å². The Hall–Kier alpha value is -2.99. The number of nitrogens with one attached hydrogen (secondary N) is 1. The number of carbonyl (C=O) groups excluding carboxylic acids is 3. The number of nitrogens with zero attached hydrogens (tertiary/aromatic N) is 1. The van der Waals surface area contributed by atoms with Gasteiger partial charge in [0, 0.05) is 5.69 Å². The van der Waals surface area contributed by atoms with E-state index in [1.54, 1.807) is 11.8 Å². The van der Waals surface area contributed by atoms with Gasteiger partial charge in [0.1, 0.15) is 11.8 Å². The van der Waals surface area contributed by atoms with Crippen LogP contribution in [-0.2, 0) is 32.0 Å². The molecule has 31 heavy (non-hydrogen) atoms. The topological polar surface area (TPSA) is 75.7 Å². The highest BCUT2D eigenvalue weighted by Gasteiger charge is 2.34. The molecule has 0 saturated heterocycles. The van der Waals surface area contributed by atoms with Gasteiger partial charge in [-0.05, 0) is 56.7 Å². The number of Topliss-reactive ketones (excluding diaryl/α,β-unsaturated/α-hetero) is 1. The van der Waals surface area contributed by atoms with E-state index < -0.39 is 12.1 Å². The van der Waals surface area contributed by atoms with E-state index in [-0.39, 0.29) is 30.8 Å². The van der Waals surface area contributed by atoms with Crippen LogP contribution in [0.2, 0.25) is 0 Å². The Kier molecular flexibility index (Phi) is 7.95. The third-order valence-electron chi connectivity index (χ3n) is 5.47. The fourth-order valence-corrected chi connectivity index (χ4v) is 3.97. The minimum atomic E-state index is -0.602. The first-order valence-electron chi connectivity index (χ1n) is 10.8. The fraction of sp³-hybridized carbons (Fsp3) is 0.400. The van der Waals surface area contributed by atoms with Gasteiger partial charge in [-0.1, -0.05) is 48.5 Å². The molecule has 1 aliphatic rings. The Bertz CT molecular complexity index is 913. The summed E-state index contributed by atoms with van der Waals surface area (Å²) in [5.74, 6) is -0.630. The van der Waals surface area contributed by atoms with E-state index in [4.69, 9.17) is 4.74 Å². The van der Waals surface area contributed by atoms with Crippen LogP contribution in [0.1, 0.15) is 37.8 Å². The number of carbonyl (C=O) groups is 3. The normalized spacial score (nSPS) is 16.9. The maximum Gasteiger partial charge on any atom is 0.323 e. The van der Waals surface area contributed by atoms with Gasteiger partial charge in [-0.3, -0.25) is 19.7 Å². The minimum absolute atomic E-state index is 0.0160. The first kappa shape index (κ1) is 22.7. The molecule has 2 aromatic carbocycles. The highest BCUT2D eigenvalue weighted by Crippen LogP contribution is 2.27. The summed E-state index contributed by atoms with van der Waals surface area (Å²) in [6, 6.07) is 16.4. The van der Waals surface area contributed by atoms with Crippen LogP contribution < -0.4 is 10.2 Å². The average molecular weight is 423 g/mol. The molecular formula is C25H30N2O4. The van der Waals surface area contributed by atoms with Gasteiger partial charge < -0.3 is 9.64 Å². The standard InChI is InChI=1S/C25H30N2O4/c1-3-31-25(30)22(15-13-19-9-5-4-6-10-19)26-21-16-14-20-11-7-8-12-23(20)27(24(21)29)17-18(2)28/h4-12,21-22,26H,3,13-17H2,1-2H3/t21?,22-/m0/s1. The molecule has 0 aromatic heterocycles. The van der Waals surface area contributed by atoms with E-state index in [2.05, 4.69) is 5.32 Å². The van der Waals surface area contributed by atoms with Gasteiger partial charge in [0.05, 0.1) is 19.2 Å². The van der Waals surface area contributed by atoms with Crippen LogP contribution >= 0.6 is 0 Å². The summed E-state index contributed by atoms with van der Waals surface area (Å²) in [5, 5.41) is 3.26. The molecule has 0 spiro atoms. The lowest BCUT2D eigenvalue weighted by atomic mass is 10.0. The fourth-order valence-electron chi connectivity index (χ4n) is 3.97. The van der Waals surface area contributed by atoms with Crippen LogP contribution in [0.5, 0.6) is 0 Å².